The normalized spacial score (nSPS) is 10.2. The molecule has 0 aliphatic heterocycles. The van der Waals surface area contributed by atoms with Crippen LogP contribution in [0.2, 0.25) is 0 Å². The van der Waals surface area contributed by atoms with Crippen LogP contribution >= 0.6 is 0 Å². The molecule has 0 atom stereocenters. The number of aromatic nitrogens is 3. The van der Waals surface area contributed by atoms with E-state index >= 15 is 0 Å². The first-order chi connectivity index (χ1) is 11.6. The number of urea groups is 1. The fourth-order valence-electron chi connectivity index (χ4n) is 1.86. The number of hydrogen-bond donors (Lipinski definition) is 2. The van der Waals surface area contributed by atoms with E-state index in [1.165, 1.54) is 23.1 Å². The number of esters is 1. The van der Waals surface area contributed by atoms with Gasteiger partial charge in [-0.2, -0.15) is 0 Å². The van der Waals surface area contributed by atoms with Crippen molar-refractivity contribution in [3.05, 3.63) is 42.0 Å². The second-order valence-electron chi connectivity index (χ2n) is 4.83. The highest BCUT2D eigenvalue weighted by Crippen LogP contribution is 2.05. The number of carbonyl (C=O) groups excluding carboxylic acids is 2. The van der Waals surface area contributed by atoms with Gasteiger partial charge in [0, 0.05) is 6.54 Å². The number of nitrogens with zero attached hydrogens (tertiary/aromatic N) is 3. The smallest absolute Gasteiger partial charge is 0.321 e. The Labute approximate surface area is 138 Å². The van der Waals surface area contributed by atoms with Crippen molar-refractivity contribution >= 4 is 17.9 Å². The monoisotopic (exact) mass is 335 g/mol. The molecule has 0 saturated carbocycles. The first kappa shape index (κ1) is 17.4. The number of anilines is 1. The molecule has 0 unspecified atom stereocenters. The lowest BCUT2D eigenvalue weighted by Gasteiger charge is -2.05. The summed E-state index contributed by atoms with van der Waals surface area (Å²) in [6.45, 7) is 2.58. The summed E-state index contributed by atoms with van der Waals surface area (Å²) in [5.41, 5.74) is 0.853. The maximum Gasteiger partial charge on any atom is 0.321 e. The molecule has 9 heteroatoms. The number of rotatable bonds is 7. The Balaban J connectivity index is 1.77. The fourth-order valence-corrected chi connectivity index (χ4v) is 1.86. The SMILES string of the molecule is CCOC(=O)CCNC(=O)Nc1ncn(Cc2ccc(F)cc2)n1. The van der Waals surface area contributed by atoms with Crippen molar-refractivity contribution in [1.29, 1.82) is 0 Å². The van der Waals surface area contributed by atoms with Gasteiger partial charge in [0.1, 0.15) is 12.1 Å². The average Bonchev–Trinajstić information content (AvgIpc) is 2.97. The molecule has 8 nitrogen and oxygen atoms in total. The number of hydrogen-bond acceptors (Lipinski definition) is 5. The van der Waals surface area contributed by atoms with E-state index in [-0.39, 0.29) is 30.7 Å². The van der Waals surface area contributed by atoms with Crippen molar-refractivity contribution in [1.82, 2.24) is 20.1 Å². The highest BCUT2D eigenvalue weighted by atomic mass is 19.1. The molecule has 0 aliphatic rings. The number of amides is 2. The first-order valence-corrected chi connectivity index (χ1v) is 7.41. The Bertz CT molecular complexity index is 687. The lowest BCUT2D eigenvalue weighted by atomic mass is 10.2. The molecule has 0 aliphatic carbocycles. The molecule has 24 heavy (non-hydrogen) atoms. The predicted octanol–water partition coefficient (Wildman–Crippen LogP) is 1.54. The Morgan fingerprint density at radius 1 is 1.29 bits per heavy atom. The van der Waals surface area contributed by atoms with Crippen LogP contribution in [0.4, 0.5) is 15.1 Å². The molecular formula is C15H18FN5O3. The van der Waals surface area contributed by atoms with E-state index in [9.17, 15) is 14.0 Å². The van der Waals surface area contributed by atoms with Crippen LogP contribution in [0.25, 0.3) is 0 Å². The van der Waals surface area contributed by atoms with Crippen molar-refractivity contribution in [2.45, 2.75) is 19.9 Å². The zero-order valence-electron chi connectivity index (χ0n) is 13.2. The van der Waals surface area contributed by atoms with Crippen LogP contribution in [0.15, 0.2) is 30.6 Å². The third-order valence-corrected chi connectivity index (χ3v) is 2.94. The third kappa shape index (κ3) is 5.67. The van der Waals surface area contributed by atoms with E-state index in [0.717, 1.165) is 5.56 Å². The van der Waals surface area contributed by atoms with Crippen LogP contribution in [-0.4, -0.2) is 39.9 Å². The van der Waals surface area contributed by atoms with E-state index in [0.29, 0.717) is 13.2 Å². The second kappa shape index (κ2) is 8.61. The number of halogens is 1. The molecule has 2 amide bonds. The number of benzene rings is 1. The molecule has 2 rings (SSSR count). The summed E-state index contributed by atoms with van der Waals surface area (Å²) in [5, 5.41) is 9.05. The minimum Gasteiger partial charge on any atom is -0.466 e. The Morgan fingerprint density at radius 3 is 2.75 bits per heavy atom. The van der Waals surface area contributed by atoms with Gasteiger partial charge in [-0.3, -0.25) is 10.1 Å². The molecule has 0 saturated heterocycles. The van der Waals surface area contributed by atoms with E-state index in [2.05, 4.69) is 20.7 Å². The standard InChI is InChI=1S/C15H18FN5O3/c1-2-24-13(22)7-8-17-15(23)19-14-18-10-21(20-14)9-11-3-5-12(16)6-4-11/h3-6,10H,2,7-9H2,1H3,(H2,17,19,20,23). The molecular weight excluding hydrogens is 317 g/mol. The highest BCUT2D eigenvalue weighted by molar-refractivity contribution is 5.87. The zero-order valence-corrected chi connectivity index (χ0v) is 13.2. The summed E-state index contributed by atoms with van der Waals surface area (Å²) in [4.78, 5) is 26.7. The van der Waals surface area contributed by atoms with Crippen LogP contribution < -0.4 is 10.6 Å². The van der Waals surface area contributed by atoms with Crippen LogP contribution in [0.3, 0.4) is 0 Å². The van der Waals surface area contributed by atoms with Gasteiger partial charge in [-0.1, -0.05) is 12.1 Å². The fraction of sp³-hybridized carbons (Fsp3) is 0.333. The van der Waals surface area contributed by atoms with Crippen molar-refractivity contribution in [3.8, 4) is 0 Å². The molecule has 0 spiro atoms. The van der Waals surface area contributed by atoms with Gasteiger partial charge in [-0.05, 0) is 24.6 Å². The summed E-state index contributed by atoms with van der Waals surface area (Å²) in [5.74, 6) is -0.551. The predicted molar refractivity (Wildman–Crippen MR) is 83.8 cm³/mol. The molecule has 1 aromatic carbocycles. The lowest BCUT2D eigenvalue weighted by molar-refractivity contribution is -0.142. The van der Waals surface area contributed by atoms with Crippen molar-refractivity contribution in [2.24, 2.45) is 0 Å². The van der Waals surface area contributed by atoms with Crippen molar-refractivity contribution in [2.75, 3.05) is 18.5 Å². The summed E-state index contributed by atoms with van der Waals surface area (Å²) in [7, 11) is 0. The van der Waals surface area contributed by atoms with Gasteiger partial charge in [0.05, 0.1) is 19.6 Å². The van der Waals surface area contributed by atoms with E-state index < -0.39 is 6.03 Å². The Morgan fingerprint density at radius 2 is 2.04 bits per heavy atom. The minimum absolute atomic E-state index is 0.0910. The van der Waals surface area contributed by atoms with Crippen LogP contribution in [0.1, 0.15) is 18.9 Å². The largest absolute Gasteiger partial charge is 0.466 e. The maximum atomic E-state index is 12.8. The summed E-state index contributed by atoms with van der Waals surface area (Å²) < 4.78 is 19.1. The van der Waals surface area contributed by atoms with Gasteiger partial charge >= 0.3 is 12.0 Å². The summed E-state index contributed by atoms with van der Waals surface area (Å²) >= 11 is 0. The number of nitrogens with one attached hydrogen (secondary N) is 2. The molecule has 2 N–H and O–H groups in total. The third-order valence-electron chi connectivity index (χ3n) is 2.94. The Kier molecular flexibility index (Phi) is 6.23. The maximum absolute atomic E-state index is 12.8. The molecule has 2 aromatic rings. The molecule has 0 bridgehead atoms. The van der Waals surface area contributed by atoms with Crippen LogP contribution in [-0.2, 0) is 16.1 Å². The average molecular weight is 335 g/mol. The van der Waals surface area contributed by atoms with E-state index in [1.54, 1.807) is 19.1 Å². The van der Waals surface area contributed by atoms with Gasteiger partial charge in [0.25, 0.3) is 0 Å². The molecule has 0 radical (unpaired) electrons. The topological polar surface area (TPSA) is 98.1 Å². The van der Waals surface area contributed by atoms with Crippen molar-refractivity contribution in [3.63, 3.8) is 0 Å². The molecule has 1 aromatic heterocycles. The quantitative estimate of drug-likeness (QED) is 0.748. The minimum atomic E-state index is -0.515. The van der Waals surface area contributed by atoms with Gasteiger partial charge in [-0.25, -0.2) is 18.9 Å². The second-order valence-corrected chi connectivity index (χ2v) is 4.83. The van der Waals surface area contributed by atoms with E-state index in [1.807, 2.05) is 0 Å². The zero-order chi connectivity index (χ0) is 17.4. The van der Waals surface area contributed by atoms with Crippen LogP contribution in [0.5, 0.6) is 0 Å². The summed E-state index contributed by atoms with van der Waals surface area (Å²) in [6, 6.07) is 5.50. The van der Waals surface area contributed by atoms with Crippen LogP contribution in [0, 0.1) is 5.82 Å². The van der Waals surface area contributed by atoms with Gasteiger partial charge in [0.15, 0.2) is 0 Å². The Hall–Kier alpha value is -2.97. The molecule has 128 valence electrons. The molecule has 0 fully saturated rings. The molecule has 1 heterocycles. The number of carbonyl (C=O) groups is 2. The summed E-state index contributed by atoms with van der Waals surface area (Å²) in [6.07, 6.45) is 1.55. The van der Waals surface area contributed by atoms with Gasteiger partial charge < -0.3 is 10.1 Å². The van der Waals surface area contributed by atoms with Gasteiger partial charge in [0.2, 0.25) is 5.95 Å². The van der Waals surface area contributed by atoms with Gasteiger partial charge in [-0.15, -0.1) is 5.10 Å². The highest BCUT2D eigenvalue weighted by Gasteiger charge is 2.08. The van der Waals surface area contributed by atoms with Crippen molar-refractivity contribution < 1.29 is 18.7 Å². The number of ether oxygens (including phenoxy) is 1. The first-order valence-electron chi connectivity index (χ1n) is 7.41. The van der Waals surface area contributed by atoms with E-state index in [4.69, 9.17) is 4.74 Å². The lowest BCUT2D eigenvalue weighted by Crippen LogP contribution is -2.31.